The van der Waals surface area contributed by atoms with Crippen molar-refractivity contribution >= 4 is 10.9 Å². The normalized spacial score (nSPS) is 10.3. The molecular formula is C13H8N4. The summed E-state index contributed by atoms with van der Waals surface area (Å²) < 4.78 is 0. The fourth-order valence-electron chi connectivity index (χ4n) is 1.81. The molecule has 2 heterocycles. The van der Waals surface area contributed by atoms with Crippen molar-refractivity contribution in [2.24, 2.45) is 0 Å². The maximum absolute atomic E-state index is 8.94. The zero-order chi connectivity index (χ0) is 11.7. The summed E-state index contributed by atoms with van der Waals surface area (Å²) in [4.78, 5) is 4.36. The predicted octanol–water partition coefficient (Wildman–Crippen LogP) is 2.50. The maximum Gasteiger partial charge on any atom is 0.143 e. The van der Waals surface area contributed by atoms with Gasteiger partial charge < -0.3 is 0 Å². The Balaban J connectivity index is 2.22. The summed E-state index contributed by atoms with van der Waals surface area (Å²) in [6.45, 7) is 0. The lowest BCUT2D eigenvalue weighted by atomic mass is 10.1. The number of nitrogens with one attached hydrogen (secondary N) is 1. The SMILES string of the molecule is N#Cc1[nH]ncc1-c1cnc2ccccc2c1. The number of para-hydroxylation sites is 1. The number of hydrogen-bond donors (Lipinski definition) is 1. The van der Waals surface area contributed by atoms with Crippen LogP contribution in [0.4, 0.5) is 0 Å². The van der Waals surface area contributed by atoms with Crippen LogP contribution in [0.25, 0.3) is 22.0 Å². The van der Waals surface area contributed by atoms with Gasteiger partial charge in [-0.05, 0) is 12.1 Å². The summed E-state index contributed by atoms with van der Waals surface area (Å²) in [6, 6.07) is 12.0. The third-order valence-corrected chi connectivity index (χ3v) is 2.65. The molecule has 0 amide bonds. The van der Waals surface area contributed by atoms with Crippen LogP contribution in [-0.4, -0.2) is 15.2 Å². The number of pyridine rings is 1. The highest BCUT2D eigenvalue weighted by molar-refractivity contribution is 5.84. The number of nitrogens with zero attached hydrogens (tertiary/aromatic N) is 3. The highest BCUT2D eigenvalue weighted by Crippen LogP contribution is 2.23. The van der Waals surface area contributed by atoms with Crippen LogP contribution in [0.5, 0.6) is 0 Å². The Morgan fingerprint density at radius 1 is 1.18 bits per heavy atom. The van der Waals surface area contributed by atoms with Crippen LogP contribution in [0.15, 0.2) is 42.7 Å². The van der Waals surface area contributed by atoms with Crippen LogP contribution < -0.4 is 0 Å². The van der Waals surface area contributed by atoms with Gasteiger partial charge in [0.1, 0.15) is 11.8 Å². The van der Waals surface area contributed by atoms with Crippen molar-refractivity contribution in [2.75, 3.05) is 0 Å². The largest absolute Gasteiger partial charge is 0.267 e. The molecule has 80 valence electrons. The lowest BCUT2D eigenvalue weighted by molar-refractivity contribution is 1.07. The molecule has 3 rings (SSSR count). The Bertz CT molecular complexity index is 721. The third-order valence-electron chi connectivity index (χ3n) is 2.65. The van der Waals surface area contributed by atoms with Gasteiger partial charge in [-0.1, -0.05) is 18.2 Å². The van der Waals surface area contributed by atoms with E-state index in [0.717, 1.165) is 22.0 Å². The van der Waals surface area contributed by atoms with Gasteiger partial charge >= 0.3 is 0 Å². The number of benzene rings is 1. The third kappa shape index (κ3) is 1.54. The first-order chi connectivity index (χ1) is 8.38. The van der Waals surface area contributed by atoms with Crippen molar-refractivity contribution in [1.29, 1.82) is 5.26 Å². The van der Waals surface area contributed by atoms with Crippen molar-refractivity contribution in [3.05, 3.63) is 48.4 Å². The van der Waals surface area contributed by atoms with E-state index in [2.05, 4.69) is 21.3 Å². The number of aromatic amines is 1. The Hall–Kier alpha value is -2.67. The number of fused-ring (bicyclic) bond motifs is 1. The molecule has 0 radical (unpaired) electrons. The van der Waals surface area contributed by atoms with Gasteiger partial charge in [0.25, 0.3) is 0 Å². The summed E-state index contributed by atoms with van der Waals surface area (Å²) in [5.41, 5.74) is 3.08. The first kappa shape index (κ1) is 9.55. The zero-order valence-electron chi connectivity index (χ0n) is 8.88. The molecule has 0 atom stereocenters. The van der Waals surface area contributed by atoms with E-state index in [4.69, 9.17) is 5.26 Å². The molecule has 2 aromatic heterocycles. The molecule has 0 unspecified atom stereocenters. The van der Waals surface area contributed by atoms with Gasteiger partial charge in [0.2, 0.25) is 0 Å². The van der Waals surface area contributed by atoms with Crippen LogP contribution in [0.3, 0.4) is 0 Å². The van der Waals surface area contributed by atoms with E-state index in [9.17, 15) is 0 Å². The Morgan fingerprint density at radius 2 is 2.06 bits per heavy atom. The smallest absolute Gasteiger partial charge is 0.143 e. The molecule has 0 saturated heterocycles. The molecule has 4 heteroatoms. The number of H-pyrrole nitrogens is 1. The number of nitriles is 1. The monoisotopic (exact) mass is 220 g/mol. The van der Waals surface area contributed by atoms with Gasteiger partial charge in [-0.25, -0.2) is 0 Å². The molecule has 0 fully saturated rings. The van der Waals surface area contributed by atoms with E-state index in [1.54, 1.807) is 12.4 Å². The Kier molecular flexibility index (Phi) is 2.09. The lowest BCUT2D eigenvalue weighted by Gasteiger charge is -2.00. The molecule has 17 heavy (non-hydrogen) atoms. The molecule has 4 nitrogen and oxygen atoms in total. The molecule has 0 aliphatic rings. The van der Waals surface area contributed by atoms with E-state index >= 15 is 0 Å². The van der Waals surface area contributed by atoms with Gasteiger partial charge in [-0.3, -0.25) is 10.1 Å². The highest BCUT2D eigenvalue weighted by atomic mass is 15.1. The summed E-state index contributed by atoms with van der Waals surface area (Å²) in [6.07, 6.45) is 3.40. The van der Waals surface area contributed by atoms with E-state index in [0.29, 0.717) is 5.69 Å². The van der Waals surface area contributed by atoms with Crippen molar-refractivity contribution < 1.29 is 0 Å². The molecule has 0 spiro atoms. The fourth-order valence-corrected chi connectivity index (χ4v) is 1.81. The van der Waals surface area contributed by atoms with Crippen LogP contribution in [0.2, 0.25) is 0 Å². The minimum absolute atomic E-state index is 0.460. The minimum atomic E-state index is 0.460. The molecular weight excluding hydrogens is 212 g/mol. The van der Waals surface area contributed by atoms with Gasteiger partial charge in [0.15, 0.2) is 0 Å². The standard InChI is InChI=1S/C13H8N4/c14-6-13-11(8-16-17-13)10-5-9-3-1-2-4-12(9)15-7-10/h1-5,7-8H,(H,16,17). The van der Waals surface area contributed by atoms with Gasteiger partial charge in [-0.2, -0.15) is 10.4 Å². The summed E-state index contributed by atoms with van der Waals surface area (Å²) in [5.74, 6) is 0. The van der Waals surface area contributed by atoms with E-state index in [-0.39, 0.29) is 0 Å². The maximum atomic E-state index is 8.94. The van der Waals surface area contributed by atoms with E-state index in [1.165, 1.54) is 0 Å². The second-order valence-electron chi connectivity index (χ2n) is 3.69. The molecule has 3 aromatic rings. The number of hydrogen-bond acceptors (Lipinski definition) is 3. The van der Waals surface area contributed by atoms with E-state index in [1.807, 2.05) is 30.3 Å². The molecule has 0 aliphatic carbocycles. The minimum Gasteiger partial charge on any atom is -0.267 e. The zero-order valence-corrected chi connectivity index (χ0v) is 8.88. The molecule has 1 aromatic carbocycles. The van der Waals surface area contributed by atoms with Gasteiger partial charge in [0, 0.05) is 22.7 Å². The average molecular weight is 220 g/mol. The average Bonchev–Trinajstić information content (AvgIpc) is 2.86. The van der Waals surface area contributed by atoms with Crippen molar-refractivity contribution in [2.45, 2.75) is 0 Å². The summed E-state index contributed by atoms with van der Waals surface area (Å²) in [5, 5.41) is 16.5. The van der Waals surface area contributed by atoms with Crippen LogP contribution in [0.1, 0.15) is 5.69 Å². The second kappa shape index (κ2) is 3.72. The van der Waals surface area contributed by atoms with E-state index < -0.39 is 0 Å². The van der Waals surface area contributed by atoms with Crippen molar-refractivity contribution in [3.8, 4) is 17.2 Å². The Morgan fingerprint density at radius 3 is 2.94 bits per heavy atom. The van der Waals surface area contributed by atoms with Crippen LogP contribution in [-0.2, 0) is 0 Å². The highest BCUT2D eigenvalue weighted by Gasteiger charge is 2.07. The van der Waals surface area contributed by atoms with Crippen LogP contribution >= 0.6 is 0 Å². The number of rotatable bonds is 1. The van der Waals surface area contributed by atoms with Gasteiger partial charge in [0.05, 0.1) is 11.7 Å². The first-order valence-corrected chi connectivity index (χ1v) is 5.17. The Labute approximate surface area is 97.5 Å². The second-order valence-corrected chi connectivity index (χ2v) is 3.69. The fraction of sp³-hybridized carbons (Fsp3) is 0. The van der Waals surface area contributed by atoms with Crippen LogP contribution in [0, 0.1) is 11.3 Å². The lowest BCUT2D eigenvalue weighted by Crippen LogP contribution is -1.84. The number of aromatic nitrogens is 3. The predicted molar refractivity (Wildman–Crippen MR) is 64.0 cm³/mol. The molecule has 1 N–H and O–H groups in total. The molecule has 0 saturated carbocycles. The summed E-state index contributed by atoms with van der Waals surface area (Å²) in [7, 11) is 0. The summed E-state index contributed by atoms with van der Waals surface area (Å²) >= 11 is 0. The topological polar surface area (TPSA) is 65.4 Å². The molecule has 0 bridgehead atoms. The quantitative estimate of drug-likeness (QED) is 0.685. The van der Waals surface area contributed by atoms with Gasteiger partial charge in [-0.15, -0.1) is 0 Å². The van der Waals surface area contributed by atoms with Crippen molar-refractivity contribution in [3.63, 3.8) is 0 Å². The van der Waals surface area contributed by atoms with Crippen molar-refractivity contribution in [1.82, 2.24) is 15.2 Å². The molecule has 0 aliphatic heterocycles. The first-order valence-electron chi connectivity index (χ1n) is 5.17.